The van der Waals surface area contributed by atoms with Crippen molar-refractivity contribution in [2.75, 3.05) is 10.6 Å². The molecular weight excluding hydrogens is 366 g/mol. The zero-order valence-electron chi connectivity index (χ0n) is 16.4. The lowest BCUT2D eigenvalue weighted by molar-refractivity contribution is -0.385. The van der Waals surface area contributed by atoms with Gasteiger partial charge < -0.3 is 10.6 Å². The van der Waals surface area contributed by atoms with Gasteiger partial charge in [-0.1, -0.05) is 44.2 Å². The molecule has 2 aromatic rings. The zero-order chi connectivity index (χ0) is 20.6. The van der Waals surface area contributed by atoms with E-state index in [-0.39, 0.29) is 22.9 Å². The molecule has 2 aromatic carbocycles. The number of hydrogen-bond acceptors (Lipinski definition) is 5. The van der Waals surface area contributed by atoms with Gasteiger partial charge in [0.15, 0.2) is 5.78 Å². The van der Waals surface area contributed by atoms with E-state index < -0.39 is 4.92 Å². The highest BCUT2D eigenvalue weighted by molar-refractivity contribution is 6.01. The molecule has 0 amide bonds. The summed E-state index contributed by atoms with van der Waals surface area (Å²) in [5.74, 6) is 0.0984. The molecule has 1 atom stereocenters. The van der Waals surface area contributed by atoms with Crippen molar-refractivity contribution in [3.63, 3.8) is 0 Å². The van der Waals surface area contributed by atoms with Crippen molar-refractivity contribution in [2.24, 2.45) is 5.41 Å². The molecule has 0 spiro atoms. The molecule has 6 heteroatoms. The lowest BCUT2D eigenvalue weighted by Gasteiger charge is -2.33. The Labute approximate surface area is 169 Å². The lowest BCUT2D eigenvalue weighted by atomic mass is 9.74. The predicted molar refractivity (Wildman–Crippen MR) is 115 cm³/mol. The fourth-order valence-electron chi connectivity index (χ4n) is 4.07. The Morgan fingerprint density at radius 3 is 2.52 bits per heavy atom. The van der Waals surface area contributed by atoms with Gasteiger partial charge in [0, 0.05) is 23.8 Å². The smallest absolute Gasteiger partial charge is 0.276 e. The topological polar surface area (TPSA) is 84.3 Å². The summed E-state index contributed by atoms with van der Waals surface area (Å²) in [6, 6.07) is 14.1. The van der Waals surface area contributed by atoms with Crippen LogP contribution in [0.3, 0.4) is 0 Å². The standard InChI is InChI=1S/C23H23N3O3/c1-23(2)13-19-22(21(27)14-23)18(24-16-8-4-5-9-17(16)25-19)12-11-15-7-3-6-10-20(15)26(28)29/h3-12,18,24-25H,13-14H2,1-2H3. The molecule has 4 rings (SSSR count). The zero-order valence-corrected chi connectivity index (χ0v) is 16.4. The fourth-order valence-corrected chi connectivity index (χ4v) is 4.07. The molecule has 1 heterocycles. The van der Waals surface area contributed by atoms with Crippen molar-refractivity contribution in [1.29, 1.82) is 0 Å². The number of fused-ring (bicyclic) bond motifs is 1. The van der Waals surface area contributed by atoms with Crippen molar-refractivity contribution < 1.29 is 9.72 Å². The van der Waals surface area contributed by atoms with Crippen molar-refractivity contribution >= 4 is 28.9 Å². The largest absolute Gasteiger partial charge is 0.373 e. The Morgan fingerprint density at radius 2 is 1.76 bits per heavy atom. The number of nitrogens with one attached hydrogen (secondary N) is 2. The molecule has 0 fully saturated rings. The van der Waals surface area contributed by atoms with E-state index in [1.165, 1.54) is 6.07 Å². The van der Waals surface area contributed by atoms with Gasteiger partial charge >= 0.3 is 0 Å². The quantitative estimate of drug-likeness (QED) is 0.560. The molecule has 0 saturated heterocycles. The number of hydrogen-bond donors (Lipinski definition) is 2. The number of nitro groups is 1. The Morgan fingerprint density at radius 1 is 1.07 bits per heavy atom. The van der Waals surface area contributed by atoms with E-state index in [9.17, 15) is 14.9 Å². The molecule has 1 aliphatic carbocycles. The van der Waals surface area contributed by atoms with Gasteiger partial charge in [-0.05, 0) is 36.1 Å². The van der Waals surface area contributed by atoms with Crippen molar-refractivity contribution in [1.82, 2.24) is 0 Å². The molecule has 0 radical (unpaired) electrons. The summed E-state index contributed by atoms with van der Waals surface area (Å²) in [6.07, 6.45) is 4.81. The Hall–Kier alpha value is -3.41. The number of nitro benzene ring substituents is 1. The highest BCUT2D eigenvalue weighted by Crippen LogP contribution is 2.41. The van der Waals surface area contributed by atoms with Gasteiger partial charge in [-0.15, -0.1) is 0 Å². The second kappa shape index (κ2) is 7.20. The van der Waals surface area contributed by atoms with Crippen LogP contribution >= 0.6 is 0 Å². The molecule has 2 N–H and O–H groups in total. The number of allylic oxidation sites excluding steroid dienone is 1. The molecule has 2 aliphatic rings. The molecule has 148 valence electrons. The van der Waals surface area contributed by atoms with Crippen LogP contribution in [0.4, 0.5) is 17.1 Å². The van der Waals surface area contributed by atoms with E-state index in [1.54, 1.807) is 24.3 Å². The number of carbonyl (C=O) groups excluding carboxylic acids is 1. The summed E-state index contributed by atoms with van der Waals surface area (Å²) in [6.45, 7) is 4.19. The number of ketones is 1. The predicted octanol–water partition coefficient (Wildman–Crippen LogP) is 5.16. The second-order valence-corrected chi connectivity index (χ2v) is 8.30. The van der Waals surface area contributed by atoms with Crippen molar-refractivity contribution in [3.05, 3.63) is 81.6 Å². The maximum Gasteiger partial charge on any atom is 0.276 e. The summed E-state index contributed by atoms with van der Waals surface area (Å²) >= 11 is 0. The second-order valence-electron chi connectivity index (χ2n) is 8.30. The van der Waals surface area contributed by atoms with Gasteiger partial charge in [-0.3, -0.25) is 14.9 Å². The first kappa shape index (κ1) is 18.9. The minimum atomic E-state index is -0.393. The van der Waals surface area contributed by atoms with Crippen LogP contribution in [-0.2, 0) is 4.79 Å². The summed E-state index contributed by atoms with van der Waals surface area (Å²) in [4.78, 5) is 24.0. The van der Waals surface area contributed by atoms with Crippen molar-refractivity contribution in [3.8, 4) is 0 Å². The number of para-hydroxylation sites is 3. The van der Waals surface area contributed by atoms with E-state index >= 15 is 0 Å². The summed E-state index contributed by atoms with van der Waals surface area (Å²) in [7, 11) is 0. The average molecular weight is 389 g/mol. The summed E-state index contributed by atoms with van der Waals surface area (Å²) in [5, 5.41) is 18.2. The van der Waals surface area contributed by atoms with Gasteiger partial charge in [-0.25, -0.2) is 0 Å². The van der Waals surface area contributed by atoms with Gasteiger partial charge in [0.1, 0.15) is 0 Å². The van der Waals surface area contributed by atoms with E-state index in [0.717, 1.165) is 23.5 Å². The number of nitrogens with zero attached hydrogens (tertiary/aromatic N) is 1. The molecule has 6 nitrogen and oxygen atoms in total. The van der Waals surface area contributed by atoms with E-state index in [1.807, 2.05) is 30.3 Å². The molecule has 0 bridgehead atoms. The van der Waals surface area contributed by atoms with Gasteiger partial charge in [0.05, 0.1) is 27.9 Å². The van der Waals surface area contributed by atoms with Crippen LogP contribution in [0.25, 0.3) is 6.08 Å². The average Bonchev–Trinajstić information content (AvgIpc) is 2.81. The molecule has 0 aromatic heterocycles. The third kappa shape index (κ3) is 3.78. The molecular formula is C23H23N3O3. The van der Waals surface area contributed by atoms with Crippen LogP contribution in [0.5, 0.6) is 0 Å². The van der Waals surface area contributed by atoms with Crippen LogP contribution in [0, 0.1) is 15.5 Å². The number of benzene rings is 2. The third-order valence-electron chi connectivity index (χ3n) is 5.36. The first-order chi connectivity index (χ1) is 13.8. The maximum absolute atomic E-state index is 13.1. The first-order valence-electron chi connectivity index (χ1n) is 9.64. The van der Waals surface area contributed by atoms with Gasteiger partial charge in [0.25, 0.3) is 5.69 Å². The minimum absolute atomic E-state index is 0.0428. The van der Waals surface area contributed by atoms with Crippen molar-refractivity contribution in [2.45, 2.75) is 32.7 Å². The molecule has 0 saturated carbocycles. The Kier molecular flexibility index (Phi) is 4.70. The normalized spacial score (nSPS) is 20.3. The van der Waals surface area contributed by atoms with Crippen LogP contribution in [0.1, 0.15) is 32.3 Å². The van der Waals surface area contributed by atoms with Crippen LogP contribution < -0.4 is 10.6 Å². The minimum Gasteiger partial charge on any atom is -0.373 e. The first-order valence-corrected chi connectivity index (χ1v) is 9.64. The van der Waals surface area contributed by atoms with Crippen LogP contribution in [0.15, 0.2) is 65.9 Å². The number of rotatable bonds is 3. The Balaban J connectivity index is 1.78. The highest BCUT2D eigenvalue weighted by Gasteiger charge is 2.37. The van der Waals surface area contributed by atoms with E-state index in [2.05, 4.69) is 24.5 Å². The van der Waals surface area contributed by atoms with Gasteiger partial charge in [0.2, 0.25) is 0 Å². The molecule has 1 unspecified atom stereocenters. The third-order valence-corrected chi connectivity index (χ3v) is 5.36. The highest BCUT2D eigenvalue weighted by atomic mass is 16.6. The fraction of sp³-hybridized carbons (Fsp3) is 0.261. The van der Waals surface area contributed by atoms with E-state index in [4.69, 9.17) is 0 Å². The monoisotopic (exact) mass is 389 g/mol. The number of anilines is 2. The number of Topliss-reactive ketones (excluding diaryl/α,β-unsaturated/α-hetero) is 1. The van der Waals surface area contributed by atoms with Crippen LogP contribution in [0.2, 0.25) is 0 Å². The Bertz CT molecular complexity index is 1050. The molecule has 1 aliphatic heterocycles. The molecule has 29 heavy (non-hydrogen) atoms. The lowest BCUT2D eigenvalue weighted by Crippen LogP contribution is -2.34. The summed E-state index contributed by atoms with van der Waals surface area (Å²) in [5.41, 5.74) is 3.87. The SMILES string of the molecule is CC1(C)CC(=O)C2=C(C1)Nc1ccccc1NC2C=Cc1ccccc1[N+](=O)[O-]. The number of carbonyl (C=O) groups is 1. The van der Waals surface area contributed by atoms with E-state index in [0.29, 0.717) is 17.6 Å². The van der Waals surface area contributed by atoms with Crippen LogP contribution in [-0.4, -0.2) is 16.7 Å². The maximum atomic E-state index is 13.1. The van der Waals surface area contributed by atoms with Gasteiger partial charge in [-0.2, -0.15) is 0 Å². The summed E-state index contributed by atoms with van der Waals surface area (Å²) < 4.78 is 0.